The number of benzene rings is 1. The summed E-state index contributed by atoms with van der Waals surface area (Å²) in [5, 5.41) is 0. The van der Waals surface area contributed by atoms with Crippen LogP contribution in [0.2, 0.25) is 0 Å². The fraction of sp³-hybridized carbons (Fsp3) is 0.562. The van der Waals surface area contributed by atoms with Gasteiger partial charge in [0.05, 0.1) is 5.56 Å². The molecule has 3 rings (SSSR count). The number of alkyl halides is 3. The Morgan fingerprint density at radius 3 is 2.10 bits per heavy atom. The highest BCUT2D eigenvalue weighted by molar-refractivity contribution is 5.98. The number of ketones is 1. The molecule has 0 amide bonds. The van der Waals surface area contributed by atoms with Crippen molar-refractivity contribution in [1.29, 1.82) is 0 Å². The van der Waals surface area contributed by atoms with Crippen LogP contribution in [0.3, 0.4) is 0 Å². The molecule has 5 heteroatoms. The van der Waals surface area contributed by atoms with Gasteiger partial charge >= 0.3 is 6.18 Å². The number of Topliss-reactive ketones (excluding diaryl/α,β-unsaturated/α-hetero) is 1. The minimum atomic E-state index is -4.35. The van der Waals surface area contributed by atoms with E-state index in [0.29, 0.717) is 17.6 Å². The second kappa shape index (κ2) is 5.13. The van der Waals surface area contributed by atoms with E-state index < -0.39 is 11.7 Å². The molecule has 0 aliphatic carbocycles. The number of rotatable bonds is 2. The van der Waals surface area contributed by atoms with Crippen molar-refractivity contribution >= 4 is 5.78 Å². The number of halogens is 3. The Balaban J connectivity index is 1.74. The lowest BCUT2D eigenvalue weighted by Crippen LogP contribution is -2.42. The van der Waals surface area contributed by atoms with Gasteiger partial charge in [-0.1, -0.05) is 12.1 Å². The zero-order valence-electron chi connectivity index (χ0n) is 11.9. The normalized spacial score (nSPS) is 29.6. The van der Waals surface area contributed by atoms with Crippen molar-refractivity contribution in [3.05, 3.63) is 35.4 Å². The van der Waals surface area contributed by atoms with E-state index in [1.54, 1.807) is 0 Å². The van der Waals surface area contributed by atoms with E-state index in [9.17, 15) is 18.0 Å². The number of fused-ring (bicyclic) bond motifs is 2. The average Bonchev–Trinajstić information content (AvgIpc) is 2.66. The highest BCUT2D eigenvalue weighted by Gasteiger charge is 2.41. The number of nitrogens with zero attached hydrogens (tertiary/aromatic N) is 1. The molecule has 2 saturated heterocycles. The number of carbonyl (C=O) groups is 1. The van der Waals surface area contributed by atoms with Crippen LogP contribution in [0.5, 0.6) is 0 Å². The Kier molecular flexibility index (Phi) is 3.56. The third-order valence-electron chi connectivity index (χ3n) is 4.97. The first-order valence-electron chi connectivity index (χ1n) is 7.29. The van der Waals surface area contributed by atoms with Crippen LogP contribution in [-0.4, -0.2) is 29.8 Å². The van der Waals surface area contributed by atoms with Crippen LogP contribution in [0.4, 0.5) is 13.2 Å². The van der Waals surface area contributed by atoms with E-state index in [1.165, 1.54) is 12.1 Å². The molecule has 2 nitrogen and oxygen atoms in total. The van der Waals surface area contributed by atoms with Gasteiger partial charge in [0.25, 0.3) is 0 Å². The fourth-order valence-electron chi connectivity index (χ4n) is 3.68. The minimum Gasteiger partial charge on any atom is -0.300 e. The van der Waals surface area contributed by atoms with Gasteiger partial charge in [-0.2, -0.15) is 13.2 Å². The summed E-state index contributed by atoms with van der Waals surface area (Å²) in [7, 11) is 2.10. The van der Waals surface area contributed by atoms with E-state index in [0.717, 1.165) is 37.8 Å². The van der Waals surface area contributed by atoms with Crippen molar-refractivity contribution in [2.24, 2.45) is 5.92 Å². The number of hydrogen-bond acceptors (Lipinski definition) is 2. The van der Waals surface area contributed by atoms with Gasteiger partial charge < -0.3 is 4.90 Å². The number of piperidine rings is 1. The molecule has 0 radical (unpaired) electrons. The van der Waals surface area contributed by atoms with E-state index in [-0.39, 0.29) is 11.7 Å². The van der Waals surface area contributed by atoms with Gasteiger partial charge in [-0.05, 0) is 44.9 Å². The molecule has 114 valence electrons. The number of carbonyl (C=O) groups excluding carboxylic acids is 1. The van der Waals surface area contributed by atoms with Crippen molar-refractivity contribution in [3.63, 3.8) is 0 Å². The van der Waals surface area contributed by atoms with Crippen molar-refractivity contribution in [3.8, 4) is 0 Å². The first-order chi connectivity index (χ1) is 9.86. The maximum Gasteiger partial charge on any atom is 0.416 e. The van der Waals surface area contributed by atoms with E-state index in [1.807, 2.05) is 0 Å². The molecule has 2 atom stereocenters. The molecule has 2 fully saturated rings. The second-order valence-electron chi connectivity index (χ2n) is 6.16. The SMILES string of the molecule is CN1C2CCC1CC(C(=O)c1ccc(C(F)(F)F)cc1)C2. The van der Waals surface area contributed by atoms with Gasteiger partial charge in [0.1, 0.15) is 0 Å². The fourth-order valence-corrected chi connectivity index (χ4v) is 3.68. The summed E-state index contributed by atoms with van der Waals surface area (Å²) < 4.78 is 37.6. The molecule has 0 aromatic heterocycles. The molecule has 2 aliphatic rings. The van der Waals surface area contributed by atoms with Gasteiger partial charge in [-0.3, -0.25) is 4.79 Å². The third-order valence-corrected chi connectivity index (χ3v) is 4.97. The first kappa shape index (κ1) is 14.6. The summed E-state index contributed by atoms with van der Waals surface area (Å²) >= 11 is 0. The molecule has 1 aromatic carbocycles. The molecule has 0 N–H and O–H groups in total. The molecule has 0 spiro atoms. The van der Waals surface area contributed by atoms with Gasteiger partial charge in [0.15, 0.2) is 5.78 Å². The van der Waals surface area contributed by atoms with Crippen LogP contribution in [0, 0.1) is 5.92 Å². The summed E-state index contributed by atoms with van der Waals surface area (Å²) in [6.45, 7) is 0. The standard InChI is InChI=1S/C16H18F3NO/c1-20-13-6-7-14(20)9-11(8-13)15(21)10-2-4-12(5-3-10)16(17,18)19/h2-5,11,13-14H,6-9H2,1H3. The van der Waals surface area contributed by atoms with Gasteiger partial charge in [0.2, 0.25) is 0 Å². The monoisotopic (exact) mass is 297 g/mol. The lowest BCUT2D eigenvalue weighted by Gasteiger charge is -2.35. The quantitative estimate of drug-likeness (QED) is 0.775. The van der Waals surface area contributed by atoms with Gasteiger partial charge in [-0.15, -0.1) is 0 Å². The Hall–Kier alpha value is -1.36. The van der Waals surface area contributed by atoms with Crippen molar-refractivity contribution in [2.45, 2.75) is 43.9 Å². The lowest BCUT2D eigenvalue weighted by atomic mass is 9.85. The maximum absolute atomic E-state index is 12.5. The summed E-state index contributed by atoms with van der Waals surface area (Å²) in [6, 6.07) is 5.52. The average molecular weight is 297 g/mol. The van der Waals surface area contributed by atoms with E-state index >= 15 is 0 Å². The zero-order chi connectivity index (χ0) is 15.2. The summed E-state index contributed by atoms with van der Waals surface area (Å²) in [5.74, 6) is -0.0517. The van der Waals surface area contributed by atoms with Crippen molar-refractivity contribution in [1.82, 2.24) is 4.90 Å². The van der Waals surface area contributed by atoms with Crippen LogP contribution < -0.4 is 0 Å². The first-order valence-corrected chi connectivity index (χ1v) is 7.29. The zero-order valence-corrected chi connectivity index (χ0v) is 11.9. The summed E-state index contributed by atoms with van der Waals surface area (Å²) in [4.78, 5) is 14.8. The minimum absolute atomic E-state index is 0.00581. The van der Waals surface area contributed by atoms with Crippen LogP contribution in [-0.2, 0) is 6.18 Å². The largest absolute Gasteiger partial charge is 0.416 e. The molecule has 2 heterocycles. The predicted octanol–water partition coefficient (Wildman–Crippen LogP) is 3.76. The molecule has 2 unspecified atom stereocenters. The Labute approximate surface area is 121 Å². The van der Waals surface area contributed by atoms with Crippen molar-refractivity contribution < 1.29 is 18.0 Å². The molecule has 2 aliphatic heterocycles. The van der Waals surface area contributed by atoms with Crippen LogP contribution in [0.15, 0.2) is 24.3 Å². The van der Waals surface area contributed by atoms with E-state index in [2.05, 4.69) is 11.9 Å². The van der Waals surface area contributed by atoms with Crippen LogP contribution in [0.1, 0.15) is 41.6 Å². The smallest absolute Gasteiger partial charge is 0.300 e. The highest BCUT2D eigenvalue weighted by atomic mass is 19.4. The number of hydrogen-bond donors (Lipinski definition) is 0. The van der Waals surface area contributed by atoms with Gasteiger partial charge in [-0.25, -0.2) is 0 Å². The van der Waals surface area contributed by atoms with E-state index in [4.69, 9.17) is 0 Å². The van der Waals surface area contributed by atoms with Crippen LogP contribution in [0.25, 0.3) is 0 Å². The topological polar surface area (TPSA) is 20.3 Å². The van der Waals surface area contributed by atoms with Crippen LogP contribution >= 0.6 is 0 Å². The molecule has 0 saturated carbocycles. The lowest BCUT2D eigenvalue weighted by molar-refractivity contribution is -0.137. The Morgan fingerprint density at radius 2 is 1.62 bits per heavy atom. The molecule has 1 aromatic rings. The Bertz CT molecular complexity index is 523. The maximum atomic E-state index is 12.5. The molecular weight excluding hydrogens is 279 g/mol. The summed E-state index contributed by atoms with van der Waals surface area (Å²) in [6.07, 6.45) is -0.455. The molecule has 2 bridgehead atoms. The van der Waals surface area contributed by atoms with Gasteiger partial charge in [0, 0.05) is 23.6 Å². The van der Waals surface area contributed by atoms with Crippen molar-refractivity contribution in [2.75, 3.05) is 7.05 Å². The second-order valence-corrected chi connectivity index (χ2v) is 6.16. The highest BCUT2D eigenvalue weighted by Crippen LogP contribution is 2.39. The predicted molar refractivity (Wildman–Crippen MR) is 73.1 cm³/mol. The molecule has 21 heavy (non-hydrogen) atoms. The summed E-state index contributed by atoms with van der Waals surface area (Å²) in [5.41, 5.74) is -0.306. The Morgan fingerprint density at radius 1 is 1.10 bits per heavy atom. The molecular formula is C16H18F3NO. The third kappa shape index (κ3) is 2.71.